The molecule has 1 aromatic rings. The molecule has 0 spiro atoms. The van der Waals surface area contributed by atoms with E-state index in [-0.39, 0.29) is 6.09 Å². The van der Waals surface area contributed by atoms with Gasteiger partial charge in [-0.15, -0.1) is 11.3 Å². The van der Waals surface area contributed by atoms with E-state index in [1.54, 1.807) is 11.3 Å². The number of hydrogen-bond acceptors (Lipinski definition) is 4. The second kappa shape index (κ2) is 7.64. The molecule has 0 aliphatic rings. The molecule has 0 fully saturated rings. The van der Waals surface area contributed by atoms with Crippen LogP contribution in [0.15, 0.2) is 17.5 Å². The van der Waals surface area contributed by atoms with Crippen molar-refractivity contribution in [2.75, 3.05) is 13.1 Å². The van der Waals surface area contributed by atoms with Crippen LogP contribution in [0, 0.1) is 5.92 Å². The first-order valence-electron chi connectivity index (χ1n) is 7.03. The Hall–Kier alpha value is -1.07. The van der Waals surface area contributed by atoms with Gasteiger partial charge in [-0.2, -0.15) is 0 Å². The van der Waals surface area contributed by atoms with E-state index < -0.39 is 5.60 Å². The monoisotopic (exact) mass is 298 g/mol. The second-order valence-corrected chi connectivity index (χ2v) is 7.10. The Balaban J connectivity index is 2.30. The van der Waals surface area contributed by atoms with Crippen LogP contribution in [0.4, 0.5) is 4.79 Å². The summed E-state index contributed by atoms with van der Waals surface area (Å²) in [5, 5.41) is 8.33. The van der Waals surface area contributed by atoms with Gasteiger partial charge in [0, 0.05) is 24.0 Å². The molecule has 1 aromatic heterocycles. The third kappa shape index (κ3) is 6.39. The van der Waals surface area contributed by atoms with Crippen LogP contribution < -0.4 is 10.6 Å². The van der Waals surface area contributed by atoms with Gasteiger partial charge < -0.3 is 15.4 Å². The molecule has 0 radical (unpaired) electrons. The number of hydrogen-bond donors (Lipinski definition) is 2. The van der Waals surface area contributed by atoms with Crippen LogP contribution in [0.5, 0.6) is 0 Å². The minimum absolute atomic E-state index is 0.329. The fraction of sp³-hybridized carbons (Fsp3) is 0.667. The highest BCUT2D eigenvalue weighted by molar-refractivity contribution is 7.10. The number of alkyl carbamates (subject to hydrolysis) is 1. The molecular formula is C15H26N2O2S. The van der Waals surface area contributed by atoms with E-state index in [0.717, 1.165) is 6.54 Å². The molecule has 1 atom stereocenters. The summed E-state index contributed by atoms with van der Waals surface area (Å²) in [6, 6.07) is 4.54. The largest absolute Gasteiger partial charge is 0.444 e. The third-order valence-electron chi connectivity index (χ3n) is 2.67. The minimum Gasteiger partial charge on any atom is -0.444 e. The van der Waals surface area contributed by atoms with Crippen molar-refractivity contribution in [2.24, 2.45) is 5.92 Å². The summed E-state index contributed by atoms with van der Waals surface area (Å²) in [6.07, 6.45) is -0.364. The van der Waals surface area contributed by atoms with Gasteiger partial charge in [0.05, 0.1) is 0 Å². The van der Waals surface area contributed by atoms with E-state index in [9.17, 15) is 4.79 Å². The standard InChI is InChI=1S/C15H26N2O2S/c1-11(2)13(12-7-6-10-20-12)16-8-9-17-14(18)19-15(3,4)5/h6-7,10-11,13,16H,8-9H2,1-5H3,(H,17,18). The maximum atomic E-state index is 11.5. The van der Waals surface area contributed by atoms with Gasteiger partial charge in [-0.1, -0.05) is 19.9 Å². The zero-order chi connectivity index (χ0) is 15.2. The van der Waals surface area contributed by atoms with Crippen LogP contribution in [0.25, 0.3) is 0 Å². The highest BCUT2D eigenvalue weighted by atomic mass is 32.1. The minimum atomic E-state index is -0.449. The summed E-state index contributed by atoms with van der Waals surface area (Å²) in [7, 11) is 0. The first kappa shape index (κ1) is 17.0. The topological polar surface area (TPSA) is 50.4 Å². The lowest BCUT2D eigenvalue weighted by atomic mass is 10.0. The Labute approximate surface area is 125 Å². The second-order valence-electron chi connectivity index (χ2n) is 6.12. The van der Waals surface area contributed by atoms with E-state index in [1.165, 1.54) is 4.88 Å². The van der Waals surface area contributed by atoms with Gasteiger partial charge in [-0.05, 0) is 38.1 Å². The van der Waals surface area contributed by atoms with Crippen molar-refractivity contribution in [1.29, 1.82) is 0 Å². The van der Waals surface area contributed by atoms with E-state index in [2.05, 4.69) is 42.0 Å². The zero-order valence-electron chi connectivity index (χ0n) is 13.0. The molecule has 0 aliphatic heterocycles. The maximum Gasteiger partial charge on any atom is 0.407 e. The number of amides is 1. The van der Waals surface area contributed by atoms with Crippen molar-refractivity contribution in [1.82, 2.24) is 10.6 Å². The van der Waals surface area contributed by atoms with Crippen LogP contribution in [-0.2, 0) is 4.74 Å². The summed E-state index contributed by atoms with van der Waals surface area (Å²) in [6.45, 7) is 11.2. The van der Waals surface area contributed by atoms with E-state index in [4.69, 9.17) is 4.74 Å². The van der Waals surface area contributed by atoms with Crippen LogP contribution in [0.3, 0.4) is 0 Å². The lowest BCUT2D eigenvalue weighted by Gasteiger charge is -2.22. The van der Waals surface area contributed by atoms with Crippen molar-refractivity contribution >= 4 is 17.4 Å². The quantitative estimate of drug-likeness (QED) is 0.790. The first-order chi connectivity index (χ1) is 9.29. The van der Waals surface area contributed by atoms with Gasteiger partial charge in [0.2, 0.25) is 0 Å². The summed E-state index contributed by atoms with van der Waals surface area (Å²) in [5.74, 6) is 0.509. The normalized spacial score (nSPS) is 13.3. The van der Waals surface area contributed by atoms with E-state index in [0.29, 0.717) is 18.5 Å². The van der Waals surface area contributed by atoms with Crippen molar-refractivity contribution in [3.8, 4) is 0 Å². The lowest BCUT2D eigenvalue weighted by molar-refractivity contribution is 0.0528. The average Bonchev–Trinajstić information content (AvgIpc) is 2.79. The Kier molecular flexibility index (Phi) is 6.49. The molecule has 0 saturated carbocycles. The van der Waals surface area contributed by atoms with Gasteiger partial charge in [0.1, 0.15) is 5.60 Å². The van der Waals surface area contributed by atoms with E-state index in [1.807, 2.05) is 20.8 Å². The summed E-state index contributed by atoms with van der Waals surface area (Å²) < 4.78 is 5.19. The Morgan fingerprint density at radius 1 is 1.35 bits per heavy atom. The number of thiophene rings is 1. The van der Waals surface area contributed by atoms with Crippen LogP contribution >= 0.6 is 11.3 Å². The lowest BCUT2D eigenvalue weighted by Crippen LogP contribution is -2.37. The summed E-state index contributed by atoms with van der Waals surface area (Å²) in [5.41, 5.74) is -0.449. The molecule has 114 valence electrons. The van der Waals surface area contributed by atoms with Gasteiger partial charge in [-0.25, -0.2) is 4.79 Å². The first-order valence-corrected chi connectivity index (χ1v) is 7.91. The molecule has 0 bridgehead atoms. The molecule has 1 rings (SSSR count). The van der Waals surface area contributed by atoms with Crippen molar-refractivity contribution in [2.45, 2.75) is 46.3 Å². The predicted molar refractivity (Wildman–Crippen MR) is 84.1 cm³/mol. The SMILES string of the molecule is CC(C)C(NCCNC(=O)OC(C)(C)C)c1cccs1. The smallest absolute Gasteiger partial charge is 0.407 e. The molecule has 4 nitrogen and oxygen atoms in total. The fourth-order valence-corrected chi connectivity index (χ4v) is 2.81. The molecular weight excluding hydrogens is 272 g/mol. The molecule has 5 heteroatoms. The van der Waals surface area contributed by atoms with Crippen LogP contribution in [0.1, 0.15) is 45.5 Å². The highest BCUT2D eigenvalue weighted by Crippen LogP contribution is 2.25. The number of carbonyl (C=O) groups excluding carboxylic acids is 1. The van der Waals surface area contributed by atoms with Gasteiger partial charge in [0.15, 0.2) is 0 Å². The number of rotatable bonds is 6. The van der Waals surface area contributed by atoms with Crippen LogP contribution in [-0.4, -0.2) is 24.8 Å². The molecule has 0 aliphatic carbocycles. The van der Waals surface area contributed by atoms with Crippen molar-refractivity contribution in [3.05, 3.63) is 22.4 Å². The Morgan fingerprint density at radius 2 is 2.05 bits per heavy atom. The number of ether oxygens (including phenoxy) is 1. The molecule has 20 heavy (non-hydrogen) atoms. The molecule has 2 N–H and O–H groups in total. The van der Waals surface area contributed by atoms with Crippen LogP contribution in [0.2, 0.25) is 0 Å². The molecule has 0 saturated heterocycles. The fourth-order valence-electron chi connectivity index (χ4n) is 1.84. The maximum absolute atomic E-state index is 11.5. The third-order valence-corrected chi connectivity index (χ3v) is 3.63. The summed E-state index contributed by atoms with van der Waals surface area (Å²) >= 11 is 1.76. The number of nitrogens with one attached hydrogen (secondary N) is 2. The predicted octanol–water partition coefficient (Wildman–Crippen LogP) is 3.56. The van der Waals surface area contributed by atoms with Crippen molar-refractivity contribution in [3.63, 3.8) is 0 Å². The average molecular weight is 298 g/mol. The van der Waals surface area contributed by atoms with Gasteiger partial charge >= 0.3 is 6.09 Å². The highest BCUT2D eigenvalue weighted by Gasteiger charge is 2.17. The summed E-state index contributed by atoms with van der Waals surface area (Å²) in [4.78, 5) is 12.8. The Bertz CT molecular complexity index is 397. The molecule has 1 unspecified atom stereocenters. The van der Waals surface area contributed by atoms with E-state index >= 15 is 0 Å². The number of carbonyl (C=O) groups is 1. The molecule has 1 amide bonds. The molecule has 1 heterocycles. The Morgan fingerprint density at radius 3 is 2.55 bits per heavy atom. The molecule has 0 aromatic carbocycles. The van der Waals surface area contributed by atoms with Gasteiger partial charge in [0.25, 0.3) is 0 Å². The van der Waals surface area contributed by atoms with Crippen molar-refractivity contribution < 1.29 is 9.53 Å². The van der Waals surface area contributed by atoms with Gasteiger partial charge in [-0.3, -0.25) is 0 Å². The zero-order valence-corrected chi connectivity index (χ0v) is 13.8.